The Labute approximate surface area is 113 Å². The molecule has 0 aromatic heterocycles. The van der Waals surface area contributed by atoms with Crippen molar-refractivity contribution in [2.24, 2.45) is 0 Å². The van der Waals surface area contributed by atoms with Gasteiger partial charge < -0.3 is 0 Å². The second-order valence-electron chi connectivity index (χ2n) is 3.32. The molecule has 0 amide bonds. The van der Waals surface area contributed by atoms with E-state index in [1.165, 1.54) is 15.4 Å². The van der Waals surface area contributed by atoms with Crippen LogP contribution < -0.4 is 0 Å². The lowest BCUT2D eigenvalue weighted by atomic mass is 10.2. The van der Waals surface area contributed by atoms with Crippen LogP contribution in [-0.4, -0.2) is 0 Å². The Bertz CT molecular complexity index is 449. The summed E-state index contributed by atoms with van der Waals surface area (Å²) in [4.78, 5) is 2.51. The van der Waals surface area contributed by atoms with Crippen LogP contribution in [0.1, 0.15) is 19.4 Å². The van der Waals surface area contributed by atoms with Gasteiger partial charge in [0.2, 0.25) is 0 Å². The van der Waals surface area contributed by atoms with Crippen molar-refractivity contribution in [2.45, 2.75) is 30.6 Å². The maximum absolute atomic E-state index is 5.84. The molecule has 2 aromatic carbocycles. The lowest BCUT2D eigenvalue weighted by molar-refractivity contribution is 1.29. The van der Waals surface area contributed by atoms with Crippen molar-refractivity contribution in [3.05, 3.63) is 59.1 Å². The molecule has 2 rings (SSSR count). The van der Waals surface area contributed by atoms with Crippen LogP contribution in [0.15, 0.2) is 58.3 Å². The van der Waals surface area contributed by atoms with Crippen LogP contribution in [0, 0.1) is 6.92 Å². The summed E-state index contributed by atoms with van der Waals surface area (Å²) in [6, 6.07) is 16.3. The minimum atomic E-state index is 0.782. The summed E-state index contributed by atoms with van der Waals surface area (Å²) in [6.07, 6.45) is 0. The molecule has 0 heterocycles. The Morgan fingerprint density at radius 3 is 2.06 bits per heavy atom. The standard InChI is InChI=1S/C13H11ClS.C2H6/c1-10-4-2-3-5-13(10)15-12-8-6-11(14)7-9-12;1-2/h2-9H,1H3;1-2H3. The first kappa shape index (κ1) is 14.1. The van der Waals surface area contributed by atoms with Gasteiger partial charge in [-0.05, 0) is 42.8 Å². The molecular weight excluding hydrogens is 248 g/mol. The lowest BCUT2D eigenvalue weighted by Gasteiger charge is -2.04. The predicted octanol–water partition coefficient (Wildman–Crippen LogP) is 5.83. The van der Waals surface area contributed by atoms with Crippen molar-refractivity contribution in [3.63, 3.8) is 0 Å². The molecule has 90 valence electrons. The molecule has 0 aliphatic carbocycles. The van der Waals surface area contributed by atoms with Crippen molar-refractivity contribution < 1.29 is 0 Å². The van der Waals surface area contributed by atoms with E-state index in [2.05, 4.69) is 31.2 Å². The van der Waals surface area contributed by atoms with E-state index < -0.39 is 0 Å². The van der Waals surface area contributed by atoms with Crippen LogP contribution in [-0.2, 0) is 0 Å². The first-order chi connectivity index (χ1) is 8.25. The van der Waals surface area contributed by atoms with Crippen molar-refractivity contribution in [3.8, 4) is 0 Å². The fourth-order valence-corrected chi connectivity index (χ4v) is 2.33. The van der Waals surface area contributed by atoms with Crippen LogP contribution >= 0.6 is 23.4 Å². The number of rotatable bonds is 2. The van der Waals surface area contributed by atoms with Crippen LogP contribution in [0.2, 0.25) is 5.02 Å². The minimum Gasteiger partial charge on any atom is -0.0898 e. The van der Waals surface area contributed by atoms with E-state index in [0.717, 1.165) is 5.02 Å². The highest BCUT2D eigenvalue weighted by molar-refractivity contribution is 7.99. The number of hydrogen-bond acceptors (Lipinski definition) is 1. The van der Waals surface area contributed by atoms with Gasteiger partial charge in [0.15, 0.2) is 0 Å². The third-order valence-electron chi connectivity index (χ3n) is 2.14. The first-order valence-electron chi connectivity index (χ1n) is 5.75. The first-order valence-corrected chi connectivity index (χ1v) is 6.94. The highest BCUT2D eigenvalue weighted by Gasteiger charge is 1.99. The molecule has 2 heteroatoms. The van der Waals surface area contributed by atoms with E-state index in [1.807, 2.05) is 38.1 Å². The zero-order valence-electron chi connectivity index (χ0n) is 10.4. The van der Waals surface area contributed by atoms with Gasteiger partial charge in [-0.15, -0.1) is 0 Å². The lowest BCUT2D eigenvalue weighted by Crippen LogP contribution is -1.78. The van der Waals surface area contributed by atoms with Gasteiger partial charge in [-0.3, -0.25) is 0 Å². The largest absolute Gasteiger partial charge is 0.0898 e. The Morgan fingerprint density at radius 2 is 1.47 bits per heavy atom. The maximum Gasteiger partial charge on any atom is 0.0406 e. The molecule has 0 spiro atoms. The highest BCUT2D eigenvalue weighted by atomic mass is 35.5. The van der Waals surface area contributed by atoms with E-state index in [-0.39, 0.29) is 0 Å². The molecular formula is C15H17ClS. The summed E-state index contributed by atoms with van der Waals surface area (Å²) < 4.78 is 0. The number of aryl methyl sites for hydroxylation is 1. The van der Waals surface area contributed by atoms with Crippen molar-refractivity contribution in [1.82, 2.24) is 0 Å². The molecule has 0 saturated heterocycles. The third-order valence-corrected chi connectivity index (χ3v) is 3.57. The van der Waals surface area contributed by atoms with Crippen molar-refractivity contribution in [1.29, 1.82) is 0 Å². The molecule has 0 unspecified atom stereocenters. The van der Waals surface area contributed by atoms with Gasteiger partial charge in [-0.25, -0.2) is 0 Å². The molecule has 0 nitrogen and oxygen atoms in total. The fraction of sp³-hybridized carbons (Fsp3) is 0.200. The molecule has 2 aromatic rings. The van der Waals surface area contributed by atoms with Gasteiger partial charge in [0.05, 0.1) is 0 Å². The fourth-order valence-electron chi connectivity index (χ4n) is 1.30. The Balaban J connectivity index is 0.000000686. The molecule has 17 heavy (non-hydrogen) atoms. The molecule has 0 radical (unpaired) electrons. The average Bonchev–Trinajstić information content (AvgIpc) is 2.37. The predicted molar refractivity (Wildman–Crippen MR) is 78.1 cm³/mol. The number of benzene rings is 2. The summed E-state index contributed by atoms with van der Waals surface area (Å²) in [5, 5.41) is 0.782. The molecule has 0 saturated carbocycles. The van der Waals surface area contributed by atoms with Gasteiger partial charge in [0, 0.05) is 14.8 Å². The summed E-state index contributed by atoms with van der Waals surface area (Å²) in [5.74, 6) is 0. The molecule has 0 N–H and O–H groups in total. The minimum absolute atomic E-state index is 0.782. The number of hydrogen-bond donors (Lipinski definition) is 0. The molecule has 0 aliphatic heterocycles. The van der Waals surface area contributed by atoms with E-state index in [4.69, 9.17) is 11.6 Å². The van der Waals surface area contributed by atoms with Gasteiger partial charge in [0.1, 0.15) is 0 Å². The van der Waals surface area contributed by atoms with Gasteiger partial charge in [-0.1, -0.05) is 55.4 Å². The van der Waals surface area contributed by atoms with Gasteiger partial charge in [0.25, 0.3) is 0 Å². The maximum atomic E-state index is 5.84. The zero-order chi connectivity index (χ0) is 12.7. The monoisotopic (exact) mass is 264 g/mol. The van der Waals surface area contributed by atoms with Crippen LogP contribution in [0.25, 0.3) is 0 Å². The van der Waals surface area contributed by atoms with Gasteiger partial charge in [-0.2, -0.15) is 0 Å². The third kappa shape index (κ3) is 4.45. The van der Waals surface area contributed by atoms with E-state index in [9.17, 15) is 0 Å². The van der Waals surface area contributed by atoms with Crippen LogP contribution in [0.3, 0.4) is 0 Å². The summed E-state index contributed by atoms with van der Waals surface area (Å²) in [5.41, 5.74) is 1.30. The van der Waals surface area contributed by atoms with Crippen molar-refractivity contribution >= 4 is 23.4 Å². The average molecular weight is 265 g/mol. The Morgan fingerprint density at radius 1 is 0.882 bits per heavy atom. The van der Waals surface area contributed by atoms with Crippen LogP contribution in [0.5, 0.6) is 0 Å². The Kier molecular flexibility index (Phi) is 6.17. The number of halogens is 1. The summed E-state index contributed by atoms with van der Waals surface area (Å²) >= 11 is 7.60. The normalized spacial score (nSPS) is 9.41. The van der Waals surface area contributed by atoms with Crippen molar-refractivity contribution in [2.75, 3.05) is 0 Å². The van der Waals surface area contributed by atoms with Gasteiger partial charge >= 0.3 is 0 Å². The Hall–Kier alpha value is -0.920. The summed E-state index contributed by atoms with van der Waals surface area (Å²) in [6.45, 7) is 6.12. The topological polar surface area (TPSA) is 0 Å². The van der Waals surface area contributed by atoms with E-state index in [0.29, 0.717) is 0 Å². The smallest absolute Gasteiger partial charge is 0.0406 e. The highest BCUT2D eigenvalue weighted by Crippen LogP contribution is 2.30. The SMILES string of the molecule is CC.Cc1ccccc1Sc1ccc(Cl)cc1. The second-order valence-corrected chi connectivity index (χ2v) is 4.87. The zero-order valence-corrected chi connectivity index (χ0v) is 12.0. The van der Waals surface area contributed by atoms with E-state index in [1.54, 1.807) is 11.8 Å². The molecule has 0 atom stereocenters. The molecule has 0 fully saturated rings. The van der Waals surface area contributed by atoms with Crippen LogP contribution in [0.4, 0.5) is 0 Å². The molecule has 0 aliphatic rings. The quantitative estimate of drug-likeness (QED) is 0.658. The second kappa shape index (κ2) is 7.41. The molecule has 0 bridgehead atoms. The van der Waals surface area contributed by atoms with E-state index >= 15 is 0 Å². The summed E-state index contributed by atoms with van der Waals surface area (Å²) in [7, 11) is 0.